The van der Waals surface area contributed by atoms with Crippen molar-refractivity contribution in [3.05, 3.63) is 0 Å². The maximum absolute atomic E-state index is 11.7. The van der Waals surface area contributed by atoms with E-state index < -0.39 is 0 Å². The summed E-state index contributed by atoms with van der Waals surface area (Å²) >= 11 is 0. The molecule has 0 aromatic rings. The molecule has 0 aliphatic carbocycles. The van der Waals surface area contributed by atoms with E-state index in [0.717, 1.165) is 19.5 Å². The number of likely N-dealkylation sites (N-methyl/N-ethyl adjacent to an activating group) is 1. The van der Waals surface area contributed by atoms with Gasteiger partial charge in [0, 0.05) is 6.42 Å². The molecule has 0 N–H and O–H groups in total. The Morgan fingerprint density at radius 3 is 2.24 bits per heavy atom. The fraction of sp³-hybridized carbons (Fsp3) is 0.933. The van der Waals surface area contributed by atoms with Gasteiger partial charge in [0.2, 0.25) is 0 Å². The molecule has 0 aliphatic heterocycles. The van der Waals surface area contributed by atoms with Crippen molar-refractivity contribution in [2.75, 3.05) is 19.6 Å². The second kappa shape index (κ2) is 10.8. The van der Waals surface area contributed by atoms with Gasteiger partial charge in [-0.05, 0) is 25.4 Å². The monoisotopic (exact) mass is 241 g/mol. The predicted molar refractivity (Wildman–Crippen MR) is 75.3 cm³/mol. The van der Waals surface area contributed by atoms with Crippen molar-refractivity contribution in [3.8, 4) is 0 Å². The molecular weight excluding hydrogens is 210 g/mol. The molecule has 0 spiro atoms. The third kappa shape index (κ3) is 10.5. The Morgan fingerprint density at radius 1 is 1.06 bits per heavy atom. The van der Waals surface area contributed by atoms with Crippen LogP contribution in [0.4, 0.5) is 0 Å². The fourth-order valence-electron chi connectivity index (χ4n) is 2.06. The summed E-state index contributed by atoms with van der Waals surface area (Å²) in [5, 5.41) is 0. The lowest BCUT2D eigenvalue weighted by Crippen LogP contribution is -2.31. The molecule has 0 aromatic carbocycles. The minimum Gasteiger partial charge on any atom is -0.298 e. The lowest BCUT2D eigenvalue weighted by Gasteiger charge is -2.19. The van der Waals surface area contributed by atoms with E-state index in [1.54, 1.807) is 0 Å². The van der Waals surface area contributed by atoms with E-state index in [0.29, 0.717) is 18.2 Å². The van der Waals surface area contributed by atoms with Crippen LogP contribution in [0.5, 0.6) is 0 Å². The fourth-order valence-corrected chi connectivity index (χ4v) is 2.06. The number of Topliss-reactive ketones (excluding diaryl/α,β-unsaturated/α-hetero) is 1. The average Bonchev–Trinajstić information content (AvgIpc) is 2.26. The van der Waals surface area contributed by atoms with Crippen LogP contribution < -0.4 is 0 Å². The van der Waals surface area contributed by atoms with Crippen LogP contribution in [0.15, 0.2) is 0 Å². The summed E-state index contributed by atoms with van der Waals surface area (Å²) in [6.07, 6.45) is 7.26. The molecule has 2 heteroatoms. The van der Waals surface area contributed by atoms with Crippen LogP contribution in [0.3, 0.4) is 0 Å². The Labute approximate surface area is 108 Å². The Kier molecular flexibility index (Phi) is 10.5. The van der Waals surface area contributed by atoms with Crippen LogP contribution in [0, 0.1) is 5.92 Å². The minimum absolute atomic E-state index is 0.399. The number of hydrogen-bond donors (Lipinski definition) is 0. The number of ketones is 1. The number of unbranched alkanes of at least 4 members (excludes halogenated alkanes) is 4. The van der Waals surface area contributed by atoms with Crippen molar-refractivity contribution >= 4 is 5.78 Å². The van der Waals surface area contributed by atoms with Gasteiger partial charge in [0.1, 0.15) is 5.78 Å². The molecule has 0 aromatic heterocycles. The Morgan fingerprint density at radius 2 is 1.71 bits per heavy atom. The van der Waals surface area contributed by atoms with Gasteiger partial charge in [-0.1, -0.05) is 53.4 Å². The minimum atomic E-state index is 0.399. The first-order valence-electron chi connectivity index (χ1n) is 7.34. The Balaban J connectivity index is 3.65. The molecule has 0 bridgehead atoms. The van der Waals surface area contributed by atoms with E-state index in [9.17, 15) is 4.79 Å². The number of carbonyl (C=O) groups is 1. The molecule has 17 heavy (non-hydrogen) atoms. The third-order valence-electron chi connectivity index (χ3n) is 3.06. The largest absolute Gasteiger partial charge is 0.298 e. The average molecular weight is 241 g/mol. The molecule has 0 amide bonds. The van der Waals surface area contributed by atoms with Crippen LogP contribution in [-0.2, 0) is 4.79 Å². The lowest BCUT2D eigenvalue weighted by atomic mass is 10.1. The SMILES string of the molecule is CCCCCCCN(CC)CC(=O)CC(C)C. The zero-order valence-electron chi connectivity index (χ0n) is 12.3. The van der Waals surface area contributed by atoms with Gasteiger partial charge in [-0.25, -0.2) is 0 Å². The third-order valence-corrected chi connectivity index (χ3v) is 3.06. The maximum Gasteiger partial charge on any atom is 0.147 e. The van der Waals surface area contributed by atoms with Crippen LogP contribution in [0.25, 0.3) is 0 Å². The molecule has 0 aliphatic rings. The number of nitrogens with zero attached hydrogens (tertiary/aromatic N) is 1. The first-order chi connectivity index (χ1) is 8.10. The van der Waals surface area contributed by atoms with E-state index >= 15 is 0 Å². The number of rotatable bonds is 11. The van der Waals surface area contributed by atoms with Gasteiger partial charge in [-0.15, -0.1) is 0 Å². The normalized spacial score (nSPS) is 11.4. The molecule has 0 atom stereocenters. The molecule has 0 fully saturated rings. The molecule has 0 radical (unpaired) electrons. The number of hydrogen-bond acceptors (Lipinski definition) is 2. The van der Waals surface area contributed by atoms with Gasteiger partial charge in [0.15, 0.2) is 0 Å². The molecular formula is C15H31NO. The van der Waals surface area contributed by atoms with E-state index in [2.05, 4.69) is 32.6 Å². The predicted octanol–water partition coefficient (Wildman–Crippen LogP) is 3.89. The summed E-state index contributed by atoms with van der Waals surface area (Å²) in [6.45, 7) is 11.3. The van der Waals surface area contributed by atoms with Crippen molar-refractivity contribution in [2.45, 2.75) is 66.2 Å². The zero-order chi connectivity index (χ0) is 13.1. The highest BCUT2D eigenvalue weighted by atomic mass is 16.1. The Bertz CT molecular complexity index is 189. The molecule has 2 nitrogen and oxygen atoms in total. The van der Waals surface area contributed by atoms with Crippen molar-refractivity contribution in [1.82, 2.24) is 4.90 Å². The van der Waals surface area contributed by atoms with Crippen molar-refractivity contribution in [1.29, 1.82) is 0 Å². The topological polar surface area (TPSA) is 20.3 Å². The standard InChI is InChI=1S/C15H31NO/c1-5-7-8-9-10-11-16(6-2)13-15(17)12-14(3)4/h14H,5-13H2,1-4H3. The van der Waals surface area contributed by atoms with Crippen LogP contribution >= 0.6 is 0 Å². The highest BCUT2D eigenvalue weighted by Crippen LogP contribution is 2.05. The van der Waals surface area contributed by atoms with Crippen molar-refractivity contribution in [3.63, 3.8) is 0 Å². The Hall–Kier alpha value is -0.370. The van der Waals surface area contributed by atoms with Crippen LogP contribution in [-0.4, -0.2) is 30.3 Å². The lowest BCUT2D eigenvalue weighted by molar-refractivity contribution is -0.120. The second-order valence-electron chi connectivity index (χ2n) is 5.42. The summed E-state index contributed by atoms with van der Waals surface area (Å²) in [5.41, 5.74) is 0. The highest BCUT2D eigenvalue weighted by Gasteiger charge is 2.10. The van der Waals surface area contributed by atoms with Crippen LogP contribution in [0.2, 0.25) is 0 Å². The van der Waals surface area contributed by atoms with Gasteiger partial charge < -0.3 is 0 Å². The van der Waals surface area contributed by atoms with Gasteiger partial charge in [0.25, 0.3) is 0 Å². The second-order valence-corrected chi connectivity index (χ2v) is 5.42. The zero-order valence-corrected chi connectivity index (χ0v) is 12.3. The van der Waals surface area contributed by atoms with Gasteiger partial charge in [0.05, 0.1) is 6.54 Å². The first-order valence-corrected chi connectivity index (χ1v) is 7.34. The van der Waals surface area contributed by atoms with Gasteiger partial charge in [-0.2, -0.15) is 0 Å². The number of carbonyl (C=O) groups excluding carboxylic acids is 1. The first kappa shape index (κ1) is 16.6. The molecule has 102 valence electrons. The van der Waals surface area contributed by atoms with Gasteiger partial charge >= 0.3 is 0 Å². The van der Waals surface area contributed by atoms with Crippen LogP contribution in [0.1, 0.15) is 66.2 Å². The summed E-state index contributed by atoms with van der Waals surface area (Å²) in [7, 11) is 0. The molecule has 0 saturated carbocycles. The smallest absolute Gasteiger partial charge is 0.147 e. The van der Waals surface area contributed by atoms with E-state index in [-0.39, 0.29) is 0 Å². The molecule has 0 heterocycles. The van der Waals surface area contributed by atoms with E-state index in [1.807, 2.05) is 0 Å². The summed E-state index contributed by atoms with van der Waals surface area (Å²) in [4.78, 5) is 14.0. The van der Waals surface area contributed by atoms with E-state index in [1.165, 1.54) is 32.1 Å². The quantitative estimate of drug-likeness (QED) is 0.511. The molecule has 0 rings (SSSR count). The summed E-state index contributed by atoms with van der Waals surface area (Å²) < 4.78 is 0. The van der Waals surface area contributed by atoms with Crippen molar-refractivity contribution in [2.24, 2.45) is 5.92 Å². The van der Waals surface area contributed by atoms with Crippen molar-refractivity contribution < 1.29 is 4.79 Å². The van der Waals surface area contributed by atoms with Gasteiger partial charge in [-0.3, -0.25) is 9.69 Å². The van der Waals surface area contributed by atoms with E-state index in [4.69, 9.17) is 0 Å². The summed E-state index contributed by atoms with van der Waals surface area (Å²) in [5.74, 6) is 0.890. The maximum atomic E-state index is 11.7. The molecule has 0 unspecified atom stereocenters. The highest BCUT2D eigenvalue weighted by molar-refractivity contribution is 5.80. The molecule has 0 saturated heterocycles. The summed E-state index contributed by atoms with van der Waals surface area (Å²) in [6, 6.07) is 0.